The fourth-order valence-corrected chi connectivity index (χ4v) is 2.88. The van der Waals surface area contributed by atoms with Crippen LogP contribution in [0, 0.1) is 6.92 Å². The van der Waals surface area contributed by atoms with Gasteiger partial charge in [0.15, 0.2) is 0 Å². The van der Waals surface area contributed by atoms with Crippen LogP contribution < -0.4 is 4.74 Å². The Hall–Kier alpha value is -1.28. The first-order valence-corrected chi connectivity index (χ1v) is 7.38. The van der Waals surface area contributed by atoms with Crippen molar-refractivity contribution in [1.82, 2.24) is 0 Å². The van der Waals surface area contributed by atoms with E-state index in [0.29, 0.717) is 10.7 Å². The van der Waals surface area contributed by atoms with Crippen LogP contribution in [0.4, 0.5) is 0 Å². The van der Waals surface area contributed by atoms with E-state index in [1.165, 1.54) is 16.7 Å². The fourth-order valence-electron chi connectivity index (χ4n) is 2.29. The second-order valence-corrected chi connectivity index (χ2v) is 5.82. The van der Waals surface area contributed by atoms with Crippen molar-refractivity contribution in [3.8, 4) is 5.75 Å². The maximum absolute atomic E-state index is 5.31. The van der Waals surface area contributed by atoms with Crippen LogP contribution in [0.25, 0.3) is 0 Å². The van der Waals surface area contributed by atoms with Crippen LogP contribution in [0.5, 0.6) is 5.75 Å². The summed E-state index contributed by atoms with van der Waals surface area (Å²) in [5.41, 5.74) is 3.80. The highest BCUT2D eigenvalue weighted by Crippen LogP contribution is 2.38. The van der Waals surface area contributed by atoms with Crippen molar-refractivity contribution in [1.29, 1.82) is 0 Å². The predicted molar refractivity (Wildman–Crippen MR) is 84.3 cm³/mol. The van der Waals surface area contributed by atoms with Gasteiger partial charge in [0, 0.05) is 4.83 Å². The summed E-state index contributed by atoms with van der Waals surface area (Å²) in [6, 6.07) is 16.9. The van der Waals surface area contributed by atoms with Gasteiger partial charge in [0.2, 0.25) is 0 Å². The standard InChI is InChI=1S/C17H19BrO/c1-12-11-15(9-10-16(12)19-3)17(18)13(2)14-7-5-4-6-8-14/h4-11,13,17H,1-3H3. The van der Waals surface area contributed by atoms with Crippen molar-refractivity contribution in [3.05, 3.63) is 65.2 Å². The molecular weight excluding hydrogens is 300 g/mol. The second-order valence-electron chi connectivity index (χ2n) is 4.83. The minimum Gasteiger partial charge on any atom is -0.496 e. The molecule has 0 spiro atoms. The SMILES string of the molecule is COc1ccc(C(Br)C(C)c2ccccc2)cc1C. The Bertz CT molecular complexity index is 536. The molecule has 1 nitrogen and oxygen atoms in total. The van der Waals surface area contributed by atoms with E-state index in [-0.39, 0.29) is 0 Å². The van der Waals surface area contributed by atoms with E-state index in [0.717, 1.165) is 5.75 Å². The van der Waals surface area contributed by atoms with Gasteiger partial charge in [-0.3, -0.25) is 0 Å². The minimum atomic E-state index is 0.305. The number of hydrogen-bond donors (Lipinski definition) is 0. The maximum atomic E-state index is 5.31. The normalized spacial score (nSPS) is 13.9. The molecule has 0 bridgehead atoms. The van der Waals surface area contributed by atoms with Crippen LogP contribution in [0.15, 0.2) is 48.5 Å². The third-order valence-corrected chi connectivity index (χ3v) is 4.82. The summed E-state index contributed by atoms with van der Waals surface area (Å²) >= 11 is 3.83. The highest BCUT2D eigenvalue weighted by molar-refractivity contribution is 9.09. The Morgan fingerprint density at radius 3 is 2.26 bits per heavy atom. The molecule has 0 aromatic heterocycles. The van der Waals surface area contributed by atoms with Crippen molar-refractivity contribution in [2.75, 3.05) is 7.11 Å². The zero-order valence-electron chi connectivity index (χ0n) is 11.6. The fraction of sp³-hybridized carbons (Fsp3) is 0.294. The molecule has 19 heavy (non-hydrogen) atoms. The molecule has 0 N–H and O–H groups in total. The molecule has 2 aromatic carbocycles. The first kappa shape index (κ1) is 14.1. The lowest BCUT2D eigenvalue weighted by Gasteiger charge is -2.20. The van der Waals surface area contributed by atoms with Gasteiger partial charge in [-0.05, 0) is 35.6 Å². The molecule has 0 aliphatic heterocycles. The van der Waals surface area contributed by atoms with Gasteiger partial charge in [-0.1, -0.05) is 65.3 Å². The largest absolute Gasteiger partial charge is 0.496 e. The van der Waals surface area contributed by atoms with Crippen LogP contribution >= 0.6 is 15.9 Å². The van der Waals surface area contributed by atoms with E-state index in [1.807, 2.05) is 6.07 Å². The van der Waals surface area contributed by atoms with Crippen LogP contribution in [0.1, 0.15) is 34.4 Å². The summed E-state index contributed by atoms with van der Waals surface area (Å²) < 4.78 is 5.31. The van der Waals surface area contributed by atoms with Crippen molar-refractivity contribution in [2.45, 2.75) is 24.6 Å². The van der Waals surface area contributed by atoms with Crippen LogP contribution in [-0.2, 0) is 0 Å². The average molecular weight is 319 g/mol. The van der Waals surface area contributed by atoms with E-state index >= 15 is 0 Å². The summed E-state index contributed by atoms with van der Waals surface area (Å²) in [6.07, 6.45) is 0. The topological polar surface area (TPSA) is 9.23 Å². The highest BCUT2D eigenvalue weighted by atomic mass is 79.9. The molecule has 100 valence electrons. The summed E-state index contributed by atoms with van der Waals surface area (Å²) in [4.78, 5) is 0.305. The average Bonchev–Trinajstić information content (AvgIpc) is 2.46. The lowest BCUT2D eigenvalue weighted by Crippen LogP contribution is -2.02. The number of aryl methyl sites for hydroxylation is 1. The Balaban J connectivity index is 2.24. The monoisotopic (exact) mass is 318 g/mol. The van der Waals surface area contributed by atoms with Gasteiger partial charge in [-0.15, -0.1) is 0 Å². The zero-order valence-corrected chi connectivity index (χ0v) is 13.1. The molecule has 0 heterocycles. The van der Waals surface area contributed by atoms with Crippen LogP contribution in [0.3, 0.4) is 0 Å². The summed E-state index contributed by atoms with van der Waals surface area (Å²) in [5.74, 6) is 1.37. The third-order valence-electron chi connectivity index (χ3n) is 3.50. The summed E-state index contributed by atoms with van der Waals surface area (Å²) in [7, 11) is 1.71. The molecule has 0 aliphatic rings. The van der Waals surface area contributed by atoms with E-state index in [2.05, 4.69) is 72.2 Å². The molecule has 2 unspecified atom stereocenters. The Morgan fingerprint density at radius 1 is 1.00 bits per heavy atom. The predicted octanol–water partition coefficient (Wildman–Crippen LogP) is 5.24. The third kappa shape index (κ3) is 3.19. The van der Waals surface area contributed by atoms with Gasteiger partial charge < -0.3 is 4.74 Å². The molecule has 2 atom stereocenters. The zero-order chi connectivity index (χ0) is 13.8. The number of methoxy groups -OCH3 is 1. The van der Waals surface area contributed by atoms with E-state index in [9.17, 15) is 0 Å². The van der Waals surface area contributed by atoms with Gasteiger partial charge in [0.1, 0.15) is 5.75 Å². The van der Waals surface area contributed by atoms with Gasteiger partial charge in [-0.25, -0.2) is 0 Å². The molecule has 0 saturated heterocycles. The molecule has 0 amide bonds. The molecule has 0 radical (unpaired) electrons. The number of rotatable bonds is 4. The lowest BCUT2D eigenvalue weighted by molar-refractivity contribution is 0.411. The molecule has 2 heteroatoms. The second kappa shape index (κ2) is 6.25. The van der Waals surface area contributed by atoms with Gasteiger partial charge in [0.05, 0.1) is 7.11 Å². The number of halogens is 1. The Labute approximate surface area is 123 Å². The van der Waals surface area contributed by atoms with Crippen LogP contribution in [0.2, 0.25) is 0 Å². The van der Waals surface area contributed by atoms with E-state index in [1.54, 1.807) is 7.11 Å². The van der Waals surface area contributed by atoms with Crippen LogP contribution in [-0.4, -0.2) is 7.11 Å². The number of hydrogen-bond acceptors (Lipinski definition) is 1. The number of alkyl halides is 1. The first-order chi connectivity index (χ1) is 9.13. The summed E-state index contributed by atoms with van der Waals surface area (Å²) in [6.45, 7) is 4.32. The van der Waals surface area contributed by atoms with E-state index in [4.69, 9.17) is 4.74 Å². The first-order valence-electron chi connectivity index (χ1n) is 6.47. The van der Waals surface area contributed by atoms with Crippen molar-refractivity contribution in [3.63, 3.8) is 0 Å². The molecule has 2 aromatic rings. The van der Waals surface area contributed by atoms with E-state index < -0.39 is 0 Å². The molecule has 0 fully saturated rings. The summed E-state index contributed by atoms with van der Waals surface area (Å²) in [5, 5.41) is 0. The van der Waals surface area contributed by atoms with Gasteiger partial charge in [0.25, 0.3) is 0 Å². The maximum Gasteiger partial charge on any atom is 0.121 e. The number of ether oxygens (including phenoxy) is 1. The van der Waals surface area contributed by atoms with Crippen molar-refractivity contribution < 1.29 is 4.74 Å². The van der Waals surface area contributed by atoms with Gasteiger partial charge >= 0.3 is 0 Å². The van der Waals surface area contributed by atoms with Gasteiger partial charge in [-0.2, -0.15) is 0 Å². The molecule has 2 rings (SSSR count). The molecule has 0 aliphatic carbocycles. The Kier molecular flexibility index (Phi) is 4.65. The van der Waals surface area contributed by atoms with Crippen molar-refractivity contribution in [2.24, 2.45) is 0 Å². The minimum absolute atomic E-state index is 0.305. The molecular formula is C17H19BrO. The quantitative estimate of drug-likeness (QED) is 0.700. The smallest absolute Gasteiger partial charge is 0.121 e. The number of benzene rings is 2. The lowest BCUT2D eigenvalue weighted by atomic mass is 9.93. The van der Waals surface area contributed by atoms with Crippen molar-refractivity contribution >= 4 is 15.9 Å². The highest BCUT2D eigenvalue weighted by Gasteiger charge is 2.18. The Morgan fingerprint density at radius 2 is 1.68 bits per heavy atom. The molecule has 0 saturated carbocycles.